The van der Waals surface area contributed by atoms with E-state index < -0.39 is 35.1 Å². The summed E-state index contributed by atoms with van der Waals surface area (Å²) in [5.41, 5.74) is 1.09. The van der Waals surface area contributed by atoms with Crippen LogP contribution in [0.1, 0.15) is 66.5 Å². The van der Waals surface area contributed by atoms with Crippen molar-refractivity contribution >= 4 is 23.1 Å². The Morgan fingerprint density at radius 2 is 1.73 bits per heavy atom. The molecule has 0 spiro atoms. The molecular weight excluding hydrogens is 675 g/mol. The number of imidazole rings is 1. The maximum atomic E-state index is 15.8. The van der Waals surface area contributed by atoms with Crippen LogP contribution < -0.4 is 4.74 Å². The second-order valence-corrected chi connectivity index (χ2v) is 13.4. The van der Waals surface area contributed by atoms with Gasteiger partial charge in [0.25, 0.3) is 0 Å². The maximum Gasteiger partial charge on any atom is 0.410 e. The number of nitrogens with zero attached hydrogens (tertiary/aromatic N) is 5. The number of hydrogen-bond donors (Lipinski definition) is 0. The lowest BCUT2D eigenvalue weighted by Gasteiger charge is -2.27. The number of benzene rings is 3. The van der Waals surface area contributed by atoms with Gasteiger partial charge in [0.05, 0.1) is 41.0 Å². The first-order valence-electron chi connectivity index (χ1n) is 16.7. The maximum absolute atomic E-state index is 15.8. The van der Waals surface area contributed by atoms with Crippen molar-refractivity contribution in [2.45, 2.75) is 64.8 Å². The van der Waals surface area contributed by atoms with Gasteiger partial charge in [-0.25, -0.2) is 32.7 Å². The van der Waals surface area contributed by atoms with Gasteiger partial charge in [-0.2, -0.15) is 5.26 Å². The number of ether oxygens (including phenoxy) is 3. The molecule has 0 atom stereocenters. The highest BCUT2D eigenvalue weighted by Crippen LogP contribution is 2.31. The summed E-state index contributed by atoms with van der Waals surface area (Å²) in [4.78, 5) is 36.2. The quantitative estimate of drug-likeness (QED) is 0.128. The standard InChI is InChI=1S/C39H36F3N5O5/c1-39(2,3)52-38(49)46(27-11-12-27)14-15-47-34-18-24(37(48)50-4)10-13-33(34)44-35(47)19-26-17-31(42)28(20-30(26)41)32-6-5-7-36(45-32)51-22-25-9-8-23(21-43)16-29(25)40/h5-10,13,16-18,20,27H,11-12,14-15,19,22H2,1-4H3. The van der Waals surface area contributed by atoms with Gasteiger partial charge in [-0.15, -0.1) is 0 Å². The normalized spacial score (nSPS) is 12.7. The SMILES string of the molecule is COC(=O)c1ccc2nc(Cc3cc(F)c(-c4cccc(OCc5ccc(C#N)cc5F)n4)cc3F)n(CCN(C(=O)OC(C)(C)C)C3CC3)c2c1. The predicted octanol–water partition coefficient (Wildman–Crippen LogP) is 7.74. The molecule has 0 aliphatic heterocycles. The van der Waals surface area contributed by atoms with Gasteiger partial charge in [0.15, 0.2) is 0 Å². The lowest BCUT2D eigenvalue weighted by Crippen LogP contribution is -2.40. The Balaban J connectivity index is 1.27. The monoisotopic (exact) mass is 711 g/mol. The molecule has 0 radical (unpaired) electrons. The van der Waals surface area contributed by atoms with Crippen LogP contribution in [0.25, 0.3) is 22.3 Å². The number of carbonyl (C=O) groups is 2. The lowest BCUT2D eigenvalue weighted by atomic mass is 10.0. The van der Waals surface area contributed by atoms with Gasteiger partial charge in [0, 0.05) is 42.7 Å². The minimum absolute atomic E-state index is 0.0286. The first-order chi connectivity index (χ1) is 24.8. The third-order valence-corrected chi connectivity index (χ3v) is 8.47. The van der Waals surface area contributed by atoms with Crippen LogP contribution in [-0.2, 0) is 29.0 Å². The molecule has 0 bridgehead atoms. The molecule has 6 rings (SSSR count). The Morgan fingerprint density at radius 1 is 0.962 bits per heavy atom. The van der Waals surface area contributed by atoms with E-state index in [1.807, 2.05) is 6.07 Å². The van der Waals surface area contributed by atoms with E-state index in [2.05, 4.69) is 4.98 Å². The third-order valence-electron chi connectivity index (χ3n) is 8.47. The molecule has 13 heteroatoms. The van der Waals surface area contributed by atoms with Crippen molar-refractivity contribution in [2.75, 3.05) is 13.7 Å². The molecule has 3 aromatic carbocycles. The second kappa shape index (κ2) is 14.8. The number of halogens is 3. The van der Waals surface area contributed by atoms with Crippen LogP contribution in [0.4, 0.5) is 18.0 Å². The Kier molecular flexibility index (Phi) is 10.2. The van der Waals surface area contributed by atoms with Crippen molar-refractivity contribution in [2.24, 2.45) is 0 Å². The van der Waals surface area contributed by atoms with Crippen molar-refractivity contribution in [1.29, 1.82) is 5.26 Å². The molecule has 0 N–H and O–H groups in total. The molecule has 2 heterocycles. The summed E-state index contributed by atoms with van der Waals surface area (Å²) in [7, 11) is 1.28. The lowest BCUT2D eigenvalue weighted by molar-refractivity contribution is 0.0227. The highest BCUT2D eigenvalue weighted by Gasteiger charge is 2.35. The Bertz CT molecular complexity index is 2200. The average molecular weight is 712 g/mol. The van der Waals surface area contributed by atoms with Crippen LogP contribution in [0, 0.1) is 28.8 Å². The van der Waals surface area contributed by atoms with Crippen LogP contribution in [0.3, 0.4) is 0 Å². The number of rotatable bonds is 11. The summed E-state index contributed by atoms with van der Waals surface area (Å²) in [6.07, 6.45) is 1.15. The number of fused-ring (bicyclic) bond motifs is 1. The average Bonchev–Trinajstić information content (AvgIpc) is 3.89. The van der Waals surface area contributed by atoms with Crippen molar-refractivity contribution in [1.82, 2.24) is 19.4 Å². The van der Waals surface area contributed by atoms with E-state index in [-0.39, 0.29) is 71.6 Å². The fourth-order valence-electron chi connectivity index (χ4n) is 5.76. The minimum atomic E-state index is -0.736. The summed E-state index contributed by atoms with van der Waals surface area (Å²) in [6, 6.07) is 17.5. The molecule has 1 amide bonds. The summed E-state index contributed by atoms with van der Waals surface area (Å²) in [5.74, 6) is -2.13. The van der Waals surface area contributed by atoms with Crippen molar-refractivity contribution in [3.8, 4) is 23.2 Å². The highest BCUT2D eigenvalue weighted by atomic mass is 19.1. The van der Waals surface area contributed by atoms with Crippen molar-refractivity contribution in [3.63, 3.8) is 0 Å². The Labute approximate surface area is 298 Å². The molecule has 52 heavy (non-hydrogen) atoms. The Hall–Kier alpha value is -5.90. The smallest absolute Gasteiger partial charge is 0.410 e. The molecule has 1 fully saturated rings. The molecule has 0 saturated heterocycles. The molecule has 268 valence electrons. The summed E-state index contributed by atoms with van der Waals surface area (Å²) in [5, 5.41) is 8.96. The minimum Gasteiger partial charge on any atom is -0.473 e. The number of methoxy groups -OCH3 is 1. The zero-order valence-corrected chi connectivity index (χ0v) is 29.1. The number of hydrogen-bond acceptors (Lipinski definition) is 8. The largest absolute Gasteiger partial charge is 0.473 e. The first kappa shape index (κ1) is 35.9. The van der Waals surface area contributed by atoms with Gasteiger partial charge in [0.2, 0.25) is 5.88 Å². The molecule has 2 aromatic heterocycles. The fourth-order valence-corrected chi connectivity index (χ4v) is 5.76. The number of carbonyl (C=O) groups excluding carboxylic acids is 2. The van der Waals surface area contributed by atoms with Gasteiger partial charge >= 0.3 is 12.1 Å². The van der Waals surface area contributed by atoms with E-state index in [4.69, 9.17) is 24.5 Å². The van der Waals surface area contributed by atoms with E-state index >= 15 is 8.78 Å². The van der Waals surface area contributed by atoms with Gasteiger partial charge in [-0.05, 0) is 87.7 Å². The number of pyridine rings is 1. The van der Waals surface area contributed by atoms with E-state index in [1.165, 1.54) is 31.4 Å². The molecule has 5 aromatic rings. The predicted molar refractivity (Wildman–Crippen MR) is 185 cm³/mol. The summed E-state index contributed by atoms with van der Waals surface area (Å²) >= 11 is 0. The second-order valence-electron chi connectivity index (χ2n) is 13.4. The van der Waals surface area contributed by atoms with E-state index in [9.17, 15) is 14.0 Å². The Morgan fingerprint density at radius 3 is 2.42 bits per heavy atom. The van der Waals surface area contributed by atoms with Gasteiger partial charge in [0.1, 0.15) is 35.5 Å². The number of aromatic nitrogens is 3. The fraction of sp³-hybridized carbons (Fsp3) is 0.308. The molecule has 1 aliphatic rings. The van der Waals surface area contributed by atoms with E-state index in [1.54, 1.807) is 54.5 Å². The number of nitriles is 1. The van der Waals surface area contributed by atoms with Crippen LogP contribution in [0.15, 0.2) is 66.7 Å². The first-order valence-corrected chi connectivity index (χ1v) is 16.7. The van der Waals surface area contributed by atoms with Gasteiger partial charge in [-0.1, -0.05) is 12.1 Å². The van der Waals surface area contributed by atoms with Crippen LogP contribution in [0.2, 0.25) is 0 Å². The van der Waals surface area contributed by atoms with Gasteiger partial charge in [-0.3, -0.25) is 0 Å². The zero-order valence-electron chi connectivity index (χ0n) is 29.1. The third kappa shape index (κ3) is 8.18. The number of esters is 1. The molecule has 0 unspecified atom stereocenters. The summed E-state index contributed by atoms with van der Waals surface area (Å²) < 4.78 is 63.9. The van der Waals surface area contributed by atoms with Gasteiger partial charge < -0.3 is 23.7 Å². The van der Waals surface area contributed by atoms with Crippen LogP contribution in [-0.4, -0.2) is 56.8 Å². The zero-order chi connectivity index (χ0) is 37.2. The van der Waals surface area contributed by atoms with Crippen LogP contribution >= 0.6 is 0 Å². The highest BCUT2D eigenvalue weighted by molar-refractivity contribution is 5.93. The molecular formula is C39H36F3N5O5. The molecule has 1 aliphatic carbocycles. The number of amides is 1. The van der Waals surface area contributed by atoms with Crippen molar-refractivity contribution < 1.29 is 37.0 Å². The van der Waals surface area contributed by atoms with Crippen LogP contribution in [0.5, 0.6) is 5.88 Å². The topological polar surface area (TPSA) is 120 Å². The molecule has 1 saturated carbocycles. The van der Waals surface area contributed by atoms with Crippen molar-refractivity contribution in [3.05, 3.63) is 112 Å². The van der Waals surface area contributed by atoms with E-state index in [0.29, 0.717) is 16.9 Å². The summed E-state index contributed by atoms with van der Waals surface area (Å²) in [6.45, 7) is 5.71. The van der Waals surface area contributed by atoms with E-state index in [0.717, 1.165) is 31.0 Å². The molecule has 10 nitrogen and oxygen atoms in total.